The molecule has 0 spiro atoms. The van der Waals surface area contributed by atoms with E-state index in [-0.39, 0.29) is 5.75 Å². The number of ether oxygens (including phenoxy) is 1. The summed E-state index contributed by atoms with van der Waals surface area (Å²) in [5, 5.41) is 0. The van der Waals surface area contributed by atoms with Crippen LogP contribution in [-0.4, -0.2) is 12.0 Å². The van der Waals surface area contributed by atoms with Gasteiger partial charge in [0.05, 0.1) is 0 Å². The summed E-state index contributed by atoms with van der Waals surface area (Å²) in [6.45, 7) is 1.77. The minimum Gasteiger partial charge on any atom is -0.480 e. The maximum Gasteiger partial charge on any atom is 0.258 e. The van der Waals surface area contributed by atoms with Crippen molar-refractivity contribution >= 4 is 21.8 Å². The van der Waals surface area contributed by atoms with Gasteiger partial charge < -0.3 is 10.5 Å². The highest BCUT2D eigenvalue weighted by Crippen LogP contribution is 2.21. The Bertz CT molecular complexity index is 350. The van der Waals surface area contributed by atoms with Crippen molar-refractivity contribution in [3.05, 3.63) is 28.5 Å². The molecule has 0 saturated heterocycles. The first-order valence-electron chi connectivity index (χ1n) is 4.45. The van der Waals surface area contributed by atoms with E-state index in [0.717, 1.165) is 0 Å². The van der Waals surface area contributed by atoms with Crippen LogP contribution in [-0.2, 0) is 4.79 Å². The monoisotopic (exact) mass is 275 g/mol. The normalized spacial score (nSPS) is 12.2. The Morgan fingerprint density at radius 3 is 2.73 bits per heavy atom. The molecule has 5 heteroatoms. The van der Waals surface area contributed by atoms with Crippen LogP contribution in [0.15, 0.2) is 22.7 Å². The lowest BCUT2D eigenvalue weighted by atomic mass is 10.2. The molecule has 0 heterocycles. The Labute approximate surface area is 95.5 Å². The molecule has 1 amide bonds. The van der Waals surface area contributed by atoms with Crippen molar-refractivity contribution in [3.63, 3.8) is 0 Å². The van der Waals surface area contributed by atoms with Crippen LogP contribution in [0.3, 0.4) is 0 Å². The van der Waals surface area contributed by atoms with Gasteiger partial charge in [0.2, 0.25) is 0 Å². The second-order valence-corrected chi connectivity index (χ2v) is 3.94. The van der Waals surface area contributed by atoms with Crippen molar-refractivity contribution in [2.24, 2.45) is 5.73 Å². The van der Waals surface area contributed by atoms with Gasteiger partial charge in [-0.1, -0.05) is 22.9 Å². The minimum absolute atomic E-state index is 0.285. The molecule has 1 atom stereocenters. The molecule has 2 N–H and O–H groups in total. The van der Waals surface area contributed by atoms with Crippen LogP contribution < -0.4 is 10.5 Å². The van der Waals surface area contributed by atoms with Crippen molar-refractivity contribution in [2.75, 3.05) is 0 Å². The van der Waals surface area contributed by atoms with Crippen LogP contribution in [0.5, 0.6) is 5.75 Å². The summed E-state index contributed by atoms with van der Waals surface area (Å²) in [6, 6.07) is 4.09. The van der Waals surface area contributed by atoms with Crippen LogP contribution in [0.25, 0.3) is 0 Å². The van der Waals surface area contributed by atoms with Gasteiger partial charge >= 0.3 is 0 Å². The van der Waals surface area contributed by atoms with Gasteiger partial charge in [0.25, 0.3) is 5.91 Å². The first-order chi connectivity index (χ1) is 7.02. The van der Waals surface area contributed by atoms with Crippen molar-refractivity contribution in [2.45, 2.75) is 19.4 Å². The predicted molar refractivity (Wildman–Crippen MR) is 58.0 cm³/mol. The third-order valence-electron chi connectivity index (χ3n) is 1.80. The van der Waals surface area contributed by atoms with Crippen LogP contribution in [0.2, 0.25) is 0 Å². The lowest BCUT2D eigenvalue weighted by Gasteiger charge is -2.14. The van der Waals surface area contributed by atoms with Crippen molar-refractivity contribution in [3.8, 4) is 5.75 Å². The van der Waals surface area contributed by atoms with E-state index in [4.69, 9.17) is 10.5 Å². The topological polar surface area (TPSA) is 52.3 Å². The summed E-state index contributed by atoms with van der Waals surface area (Å²) in [6.07, 6.45) is -0.276. The third kappa shape index (κ3) is 3.51. The maximum atomic E-state index is 13.0. The smallest absolute Gasteiger partial charge is 0.258 e. The average Bonchev–Trinajstić information content (AvgIpc) is 2.12. The second-order valence-electron chi connectivity index (χ2n) is 3.02. The number of amides is 1. The zero-order valence-corrected chi connectivity index (χ0v) is 9.75. The summed E-state index contributed by atoms with van der Waals surface area (Å²) in [4.78, 5) is 10.9. The van der Waals surface area contributed by atoms with Gasteiger partial charge in [-0.2, -0.15) is 0 Å². The van der Waals surface area contributed by atoms with Gasteiger partial charge in [0.15, 0.2) is 6.10 Å². The van der Waals surface area contributed by atoms with Gasteiger partial charge in [-0.25, -0.2) is 4.39 Å². The second kappa shape index (κ2) is 5.11. The molecule has 0 radical (unpaired) electrons. The van der Waals surface area contributed by atoms with Gasteiger partial charge in [0.1, 0.15) is 11.6 Å². The number of carbonyl (C=O) groups is 1. The first-order valence-corrected chi connectivity index (χ1v) is 5.24. The number of halogens is 2. The number of nitrogens with two attached hydrogens (primary N) is 1. The SMILES string of the molecule is CCC(Oc1cc(F)cc(Br)c1)C(N)=O. The highest BCUT2D eigenvalue weighted by Gasteiger charge is 2.14. The molecule has 0 saturated carbocycles. The largest absolute Gasteiger partial charge is 0.480 e. The molecule has 3 nitrogen and oxygen atoms in total. The summed E-state index contributed by atoms with van der Waals surface area (Å²) in [5.74, 6) is -0.705. The maximum absolute atomic E-state index is 13.0. The van der Waals surface area contributed by atoms with Crippen LogP contribution >= 0.6 is 15.9 Å². The Hall–Kier alpha value is -1.10. The molecule has 0 aliphatic rings. The standard InChI is InChI=1S/C10H11BrFNO2/c1-2-9(10(13)14)15-8-4-6(11)3-7(12)5-8/h3-5,9H,2H2,1H3,(H2,13,14). The molecule has 1 unspecified atom stereocenters. The third-order valence-corrected chi connectivity index (χ3v) is 2.26. The summed E-state index contributed by atoms with van der Waals surface area (Å²) >= 11 is 3.13. The van der Waals surface area contributed by atoms with Crippen LogP contribution in [0, 0.1) is 5.82 Å². The number of hydrogen-bond donors (Lipinski definition) is 1. The summed E-state index contributed by atoms with van der Waals surface area (Å²) in [5.41, 5.74) is 5.10. The summed E-state index contributed by atoms with van der Waals surface area (Å²) < 4.78 is 18.8. The fourth-order valence-corrected chi connectivity index (χ4v) is 1.55. The fourth-order valence-electron chi connectivity index (χ4n) is 1.10. The lowest BCUT2D eigenvalue weighted by Crippen LogP contribution is -2.32. The van der Waals surface area contributed by atoms with E-state index in [2.05, 4.69) is 15.9 Å². The molecule has 1 aromatic carbocycles. The molecule has 0 fully saturated rings. The summed E-state index contributed by atoms with van der Waals surface area (Å²) in [7, 11) is 0. The van der Waals surface area contributed by atoms with E-state index < -0.39 is 17.8 Å². The van der Waals surface area contributed by atoms with Gasteiger partial charge in [-0.15, -0.1) is 0 Å². The van der Waals surface area contributed by atoms with Crippen molar-refractivity contribution < 1.29 is 13.9 Å². The molecule has 82 valence electrons. The number of benzene rings is 1. The Balaban J connectivity index is 2.83. The highest BCUT2D eigenvalue weighted by molar-refractivity contribution is 9.10. The van der Waals surface area contributed by atoms with Gasteiger partial charge in [-0.3, -0.25) is 4.79 Å². The van der Waals surface area contributed by atoms with E-state index in [1.807, 2.05) is 0 Å². The van der Waals surface area contributed by atoms with E-state index in [1.165, 1.54) is 12.1 Å². The highest BCUT2D eigenvalue weighted by atomic mass is 79.9. The van der Waals surface area contributed by atoms with E-state index in [0.29, 0.717) is 10.9 Å². The molecule has 0 bridgehead atoms. The number of carbonyl (C=O) groups excluding carboxylic acids is 1. The van der Waals surface area contributed by atoms with E-state index >= 15 is 0 Å². The molecule has 1 aromatic rings. The quantitative estimate of drug-likeness (QED) is 0.916. The van der Waals surface area contributed by atoms with E-state index in [1.54, 1.807) is 13.0 Å². The van der Waals surface area contributed by atoms with Crippen molar-refractivity contribution in [1.29, 1.82) is 0 Å². The minimum atomic E-state index is -0.723. The lowest BCUT2D eigenvalue weighted by molar-refractivity contribution is -0.124. The average molecular weight is 276 g/mol. The zero-order chi connectivity index (χ0) is 11.4. The fraction of sp³-hybridized carbons (Fsp3) is 0.300. The molecule has 0 aliphatic carbocycles. The van der Waals surface area contributed by atoms with Crippen molar-refractivity contribution in [1.82, 2.24) is 0 Å². The number of rotatable bonds is 4. The predicted octanol–water partition coefficient (Wildman–Crippen LogP) is 2.23. The van der Waals surface area contributed by atoms with Gasteiger partial charge in [0, 0.05) is 10.5 Å². The molecule has 15 heavy (non-hydrogen) atoms. The Kier molecular flexibility index (Phi) is 4.08. The first kappa shape index (κ1) is 12.0. The van der Waals surface area contributed by atoms with Crippen LogP contribution in [0.4, 0.5) is 4.39 Å². The number of primary amides is 1. The molecule has 1 rings (SSSR count). The molecular weight excluding hydrogens is 265 g/mol. The molecule has 0 aliphatic heterocycles. The molecule has 0 aromatic heterocycles. The van der Waals surface area contributed by atoms with Gasteiger partial charge in [-0.05, 0) is 18.6 Å². The van der Waals surface area contributed by atoms with E-state index in [9.17, 15) is 9.18 Å². The Morgan fingerprint density at radius 2 is 2.27 bits per heavy atom. The molecular formula is C10H11BrFNO2. The number of hydrogen-bond acceptors (Lipinski definition) is 2. The van der Waals surface area contributed by atoms with Crippen LogP contribution in [0.1, 0.15) is 13.3 Å². The Morgan fingerprint density at radius 1 is 1.60 bits per heavy atom. The zero-order valence-electron chi connectivity index (χ0n) is 8.17.